The Balaban J connectivity index is 1.48. The van der Waals surface area contributed by atoms with Crippen LogP contribution >= 0.6 is 0 Å². The second-order valence-electron chi connectivity index (χ2n) is 8.51. The molecule has 1 aliphatic heterocycles. The van der Waals surface area contributed by atoms with E-state index < -0.39 is 5.60 Å². The van der Waals surface area contributed by atoms with E-state index in [1.165, 1.54) is 0 Å². The zero-order valence-corrected chi connectivity index (χ0v) is 19.1. The van der Waals surface area contributed by atoms with Gasteiger partial charge in [0.25, 0.3) is 0 Å². The normalized spacial score (nSPS) is 18.6. The Kier molecular flexibility index (Phi) is 8.06. The number of aliphatic hydroxyl groups is 1. The average molecular weight is 430 g/mol. The maximum atomic E-state index is 11.0. The highest BCUT2D eigenvalue weighted by molar-refractivity contribution is 5.43. The second-order valence-corrected chi connectivity index (χ2v) is 8.51. The van der Waals surface area contributed by atoms with Crippen molar-refractivity contribution in [1.29, 1.82) is 0 Å². The monoisotopic (exact) mass is 429 g/mol. The van der Waals surface area contributed by atoms with Crippen molar-refractivity contribution in [2.45, 2.75) is 31.9 Å². The molecule has 0 unspecified atom stereocenters. The van der Waals surface area contributed by atoms with E-state index in [9.17, 15) is 5.11 Å². The maximum absolute atomic E-state index is 11.0. The van der Waals surface area contributed by atoms with Gasteiger partial charge in [0.1, 0.15) is 12.1 Å². The topological polar surface area (TPSA) is 83.0 Å². The van der Waals surface area contributed by atoms with E-state index in [4.69, 9.17) is 9.47 Å². The van der Waals surface area contributed by atoms with Crippen LogP contribution < -0.4 is 19.7 Å². The predicted octanol–water partition coefficient (Wildman–Crippen LogP) is 1.86. The van der Waals surface area contributed by atoms with Gasteiger partial charge in [-0.15, -0.1) is 0 Å². The first-order valence-corrected chi connectivity index (χ1v) is 10.8. The van der Waals surface area contributed by atoms with Crippen LogP contribution in [0.15, 0.2) is 30.6 Å². The van der Waals surface area contributed by atoms with Crippen LogP contribution in [0.5, 0.6) is 11.5 Å². The van der Waals surface area contributed by atoms with Crippen molar-refractivity contribution in [3.05, 3.63) is 41.9 Å². The molecule has 1 saturated heterocycles. The van der Waals surface area contributed by atoms with Gasteiger partial charge in [0.15, 0.2) is 11.5 Å². The fourth-order valence-corrected chi connectivity index (χ4v) is 3.75. The number of aromatic nitrogens is 2. The molecular weight excluding hydrogens is 394 g/mol. The Hall–Kier alpha value is -2.42. The molecule has 1 aliphatic rings. The molecule has 2 N–H and O–H groups in total. The summed E-state index contributed by atoms with van der Waals surface area (Å²) in [5, 5.41) is 14.4. The number of benzene rings is 1. The van der Waals surface area contributed by atoms with E-state index in [0.717, 1.165) is 48.1 Å². The first kappa shape index (κ1) is 23.2. The van der Waals surface area contributed by atoms with Gasteiger partial charge in [0.05, 0.1) is 19.3 Å². The number of ether oxygens (including phenoxy) is 2. The molecule has 170 valence electrons. The molecule has 8 nitrogen and oxygen atoms in total. The minimum atomic E-state index is -0.779. The van der Waals surface area contributed by atoms with E-state index >= 15 is 0 Å². The molecular formula is C23H35N5O3. The molecule has 31 heavy (non-hydrogen) atoms. The Morgan fingerprint density at radius 3 is 2.81 bits per heavy atom. The van der Waals surface area contributed by atoms with Gasteiger partial charge in [-0.05, 0) is 51.6 Å². The molecule has 1 aromatic heterocycles. The van der Waals surface area contributed by atoms with Crippen LogP contribution in [0.1, 0.15) is 24.1 Å². The van der Waals surface area contributed by atoms with Crippen LogP contribution in [0.3, 0.4) is 0 Å². The van der Waals surface area contributed by atoms with Gasteiger partial charge in [0.2, 0.25) is 0 Å². The molecule has 8 heteroatoms. The maximum Gasteiger partial charge on any atom is 0.161 e. The number of anilines is 1. The van der Waals surface area contributed by atoms with Crippen molar-refractivity contribution in [3.8, 4) is 11.5 Å². The molecule has 3 rings (SSSR count). The van der Waals surface area contributed by atoms with Crippen molar-refractivity contribution in [2.24, 2.45) is 0 Å². The highest BCUT2D eigenvalue weighted by atomic mass is 16.5. The summed E-state index contributed by atoms with van der Waals surface area (Å²) < 4.78 is 11.4. The summed E-state index contributed by atoms with van der Waals surface area (Å²) in [6.45, 7) is 6.08. The molecule has 0 amide bonds. The van der Waals surface area contributed by atoms with Crippen molar-refractivity contribution in [1.82, 2.24) is 20.2 Å². The molecule has 1 fully saturated rings. The molecule has 1 aromatic carbocycles. The van der Waals surface area contributed by atoms with Crippen LogP contribution in [-0.4, -0.2) is 79.6 Å². The van der Waals surface area contributed by atoms with E-state index in [2.05, 4.69) is 39.2 Å². The molecule has 1 atom stereocenters. The molecule has 2 heterocycles. The van der Waals surface area contributed by atoms with E-state index in [0.29, 0.717) is 32.7 Å². The van der Waals surface area contributed by atoms with Crippen LogP contribution in [-0.2, 0) is 6.54 Å². The first-order chi connectivity index (χ1) is 14.9. The second kappa shape index (κ2) is 10.7. The summed E-state index contributed by atoms with van der Waals surface area (Å²) in [5.74, 6) is 2.36. The van der Waals surface area contributed by atoms with E-state index in [1.807, 2.05) is 31.2 Å². The number of hydrogen-bond donors (Lipinski definition) is 2. The zero-order chi connectivity index (χ0) is 22.3. The smallest absolute Gasteiger partial charge is 0.161 e. The lowest BCUT2D eigenvalue weighted by molar-refractivity contribution is 0.0626. The van der Waals surface area contributed by atoms with Crippen LogP contribution in [0.2, 0.25) is 0 Å². The third-order valence-electron chi connectivity index (χ3n) is 5.46. The number of methoxy groups -OCH3 is 1. The minimum Gasteiger partial charge on any atom is -0.493 e. The zero-order valence-electron chi connectivity index (χ0n) is 19.1. The molecule has 0 bridgehead atoms. The van der Waals surface area contributed by atoms with Crippen LogP contribution in [0.4, 0.5) is 5.82 Å². The predicted molar refractivity (Wildman–Crippen MR) is 122 cm³/mol. The average Bonchev–Trinajstić information content (AvgIpc) is 3.14. The fourth-order valence-electron chi connectivity index (χ4n) is 3.75. The number of β-amino-alcohol motifs (C(OH)–C–C–N with tert-alkyl or cyclic N) is 1. The summed E-state index contributed by atoms with van der Waals surface area (Å²) in [6, 6.07) is 7.93. The van der Waals surface area contributed by atoms with Gasteiger partial charge in [-0.1, -0.05) is 6.07 Å². The van der Waals surface area contributed by atoms with Gasteiger partial charge in [-0.2, -0.15) is 0 Å². The summed E-state index contributed by atoms with van der Waals surface area (Å²) in [6.07, 6.45) is 3.24. The third-order valence-corrected chi connectivity index (χ3v) is 5.46. The fraction of sp³-hybridized carbons (Fsp3) is 0.565. The van der Waals surface area contributed by atoms with Gasteiger partial charge >= 0.3 is 0 Å². The van der Waals surface area contributed by atoms with Crippen molar-refractivity contribution >= 4 is 5.82 Å². The molecule has 0 spiro atoms. The summed E-state index contributed by atoms with van der Waals surface area (Å²) in [4.78, 5) is 12.7. The Morgan fingerprint density at radius 2 is 2.06 bits per heavy atom. The first-order valence-electron chi connectivity index (χ1n) is 10.8. The summed E-state index contributed by atoms with van der Waals surface area (Å²) in [5.41, 5.74) is 1.23. The Bertz CT molecular complexity index is 848. The molecule has 0 aliphatic carbocycles. The van der Waals surface area contributed by atoms with Gasteiger partial charge < -0.3 is 29.7 Å². The van der Waals surface area contributed by atoms with Crippen LogP contribution in [0.25, 0.3) is 0 Å². The number of aryl methyl sites for hydroxylation is 1. The lowest BCUT2D eigenvalue weighted by atomic mass is 10.0. The quantitative estimate of drug-likeness (QED) is 0.524. The molecule has 2 aromatic rings. The lowest BCUT2D eigenvalue weighted by Gasteiger charge is -2.24. The number of hydrogen-bond acceptors (Lipinski definition) is 8. The van der Waals surface area contributed by atoms with Crippen molar-refractivity contribution in [3.63, 3.8) is 0 Å². The Morgan fingerprint density at radius 1 is 1.23 bits per heavy atom. The SMILES string of the molecule is COc1cc(CNC[C@@]2(O)CCN(c3cc(C)ncn3)C2)ccc1OCCCN(C)C. The van der Waals surface area contributed by atoms with Gasteiger partial charge in [0, 0.05) is 44.5 Å². The minimum absolute atomic E-state index is 0.513. The largest absolute Gasteiger partial charge is 0.493 e. The lowest BCUT2D eigenvalue weighted by Crippen LogP contribution is -2.43. The van der Waals surface area contributed by atoms with Gasteiger partial charge in [-0.3, -0.25) is 0 Å². The molecule has 0 radical (unpaired) electrons. The van der Waals surface area contributed by atoms with Crippen LogP contribution in [0, 0.1) is 6.92 Å². The highest BCUT2D eigenvalue weighted by Crippen LogP contribution is 2.29. The van der Waals surface area contributed by atoms with E-state index in [-0.39, 0.29) is 0 Å². The number of nitrogens with zero attached hydrogens (tertiary/aromatic N) is 4. The van der Waals surface area contributed by atoms with Gasteiger partial charge in [-0.25, -0.2) is 9.97 Å². The van der Waals surface area contributed by atoms with E-state index in [1.54, 1.807) is 13.4 Å². The summed E-state index contributed by atoms with van der Waals surface area (Å²) in [7, 11) is 5.77. The highest BCUT2D eigenvalue weighted by Gasteiger charge is 2.36. The molecule has 0 saturated carbocycles. The van der Waals surface area contributed by atoms with Crippen molar-refractivity contribution in [2.75, 3.05) is 58.9 Å². The summed E-state index contributed by atoms with van der Waals surface area (Å²) >= 11 is 0. The number of rotatable bonds is 11. The third kappa shape index (κ3) is 6.78. The standard InChI is InChI=1S/C23H35N5O3/c1-18-12-22(26-17-25-18)28-10-8-23(29,16-28)15-24-14-19-6-7-20(21(13-19)30-4)31-11-5-9-27(2)3/h6-7,12-13,17,24,29H,5,8-11,14-16H2,1-4H3/t23-/m0/s1. The number of nitrogens with one attached hydrogen (secondary N) is 1. The van der Waals surface area contributed by atoms with Crippen molar-refractivity contribution < 1.29 is 14.6 Å². The Labute approximate surface area is 185 Å².